The molecule has 0 N–H and O–H groups in total. The van der Waals surface area contributed by atoms with E-state index in [9.17, 15) is 0 Å². The standard InChI is InChI=1S/C37H32N4/c1-38(33-15-5-3-6-16-33)35-19-23-40(24-20-35)37(31-13-9-11-29(27-31)30-12-10-14-32(37)28-30)41-25-21-36(22-26-41)39(2)34-17-7-4-8-18-34/h3-28H,1-2H3/q+2. The number of hydrogen-bond acceptors (Lipinski definition) is 2. The molecule has 0 saturated heterocycles. The predicted octanol–water partition coefficient (Wildman–Crippen LogP) is 7.08. The number of anilines is 4. The molecule has 0 saturated carbocycles. The van der Waals surface area contributed by atoms with Crippen LogP contribution in [0.15, 0.2) is 158 Å². The number of nitrogens with zero attached hydrogens (tertiary/aromatic N) is 4. The monoisotopic (exact) mass is 532 g/mol. The lowest BCUT2D eigenvalue weighted by atomic mass is 9.91. The van der Waals surface area contributed by atoms with E-state index in [2.05, 4.69) is 191 Å². The maximum Gasteiger partial charge on any atom is 0.414 e. The normalized spacial score (nSPS) is 12.8. The molecule has 0 spiro atoms. The van der Waals surface area contributed by atoms with E-state index in [0.29, 0.717) is 0 Å². The molecular formula is C37H32N4+2. The minimum Gasteiger partial charge on any atom is -0.344 e. The number of benzene rings is 4. The number of hydrogen-bond donors (Lipinski definition) is 0. The molecule has 7 rings (SSSR count). The summed E-state index contributed by atoms with van der Waals surface area (Å²) in [5.74, 6) is 0. The van der Waals surface area contributed by atoms with Crippen molar-refractivity contribution in [2.24, 2.45) is 0 Å². The summed E-state index contributed by atoms with van der Waals surface area (Å²) in [5, 5.41) is 0. The van der Waals surface area contributed by atoms with Crippen molar-refractivity contribution in [1.29, 1.82) is 0 Å². The third-order valence-electron chi connectivity index (χ3n) is 8.30. The smallest absolute Gasteiger partial charge is 0.344 e. The lowest BCUT2D eigenvalue weighted by Gasteiger charge is -2.25. The zero-order valence-electron chi connectivity index (χ0n) is 23.3. The van der Waals surface area contributed by atoms with Crippen LogP contribution in [0.4, 0.5) is 22.7 Å². The van der Waals surface area contributed by atoms with Gasteiger partial charge in [-0.25, -0.2) is 0 Å². The van der Waals surface area contributed by atoms with Gasteiger partial charge >= 0.3 is 5.66 Å². The second-order valence-corrected chi connectivity index (χ2v) is 10.6. The first-order valence-corrected chi connectivity index (χ1v) is 14.0. The van der Waals surface area contributed by atoms with Crippen molar-refractivity contribution in [3.63, 3.8) is 0 Å². The van der Waals surface area contributed by atoms with E-state index in [0.717, 1.165) is 22.7 Å². The first kappa shape index (κ1) is 24.8. The van der Waals surface area contributed by atoms with Gasteiger partial charge < -0.3 is 9.80 Å². The molecule has 41 heavy (non-hydrogen) atoms. The molecule has 0 amide bonds. The third kappa shape index (κ3) is 4.16. The van der Waals surface area contributed by atoms with Gasteiger partial charge in [0.2, 0.25) is 0 Å². The highest BCUT2D eigenvalue weighted by Gasteiger charge is 2.54. The van der Waals surface area contributed by atoms with Gasteiger partial charge in [0.15, 0.2) is 24.8 Å². The van der Waals surface area contributed by atoms with Gasteiger partial charge in [0.05, 0.1) is 11.4 Å². The second-order valence-electron chi connectivity index (χ2n) is 10.6. The van der Waals surface area contributed by atoms with Crippen molar-refractivity contribution in [3.05, 3.63) is 169 Å². The molecule has 0 aliphatic heterocycles. The number of aromatic nitrogens is 2. The summed E-state index contributed by atoms with van der Waals surface area (Å²) in [7, 11) is 4.22. The fraction of sp³-hybridized carbons (Fsp3) is 0.0811. The van der Waals surface area contributed by atoms with Crippen LogP contribution in [0.25, 0.3) is 11.1 Å². The second kappa shape index (κ2) is 10.1. The molecule has 4 heteroatoms. The van der Waals surface area contributed by atoms with Gasteiger partial charge in [-0.1, -0.05) is 60.7 Å². The third-order valence-corrected chi connectivity index (χ3v) is 8.30. The number of para-hydroxylation sites is 2. The average molecular weight is 533 g/mol. The Labute approximate surface area is 241 Å². The van der Waals surface area contributed by atoms with Gasteiger partial charge in [0.1, 0.15) is 11.1 Å². The highest BCUT2D eigenvalue weighted by molar-refractivity contribution is 5.68. The van der Waals surface area contributed by atoms with E-state index in [1.807, 2.05) is 0 Å². The Bertz CT molecular complexity index is 1660. The van der Waals surface area contributed by atoms with Crippen molar-refractivity contribution >= 4 is 22.7 Å². The van der Waals surface area contributed by atoms with E-state index in [1.54, 1.807) is 0 Å². The highest BCUT2D eigenvalue weighted by Crippen LogP contribution is 2.36. The Morgan fingerprint density at radius 1 is 0.415 bits per heavy atom. The Kier molecular flexibility index (Phi) is 6.09. The molecule has 1 aliphatic carbocycles. The predicted molar refractivity (Wildman–Crippen MR) is 166 cm³/mol. The van der Waals surface area contributed by atoms with Crippen LogP contribution in [0.2, 0.25) is 0 Å². The van der Waals surface area contributed by atoms with Gasteiger partial charge in [-0.2, -0.15) is 0 Å². The molecule has 2 aromatic heterocycles. The van der Waals surface area contributed by atoms with Gasteiger partial charge in [-0.3, -0.25) is 0 Å². The number of pyridine rings is 2. The van der Waals surface area contributed by atoms with Crippen molar-refractivity contribution in [3.8, 4) is 11.1 Å². The molecule has 0 radical (unpaired) electrons. The zero-order valence-corrected chi connectivity index (χ0v) is 23.3. The van der Waals surface area contributed by atoms with E-state index in [4.69, 9.17) is 0 Å². The fourth-order valence-electron chi connectivity index (χ4n) is 6.04. The molecular weight excluding hydrogens is 500 g/mol. The lowest BCUT2D eigenvalue weighted by molar-refractivity contribution is -0.971. The molecule has 1 aliphatic rings. The van der Waals surface area contributed by atoms with Crippen LogP contribution in [0, 0.1) is 0 Å². The molecule has 4 aromatic carbocycles. The SMILES string of the molecule is CN(c1ccccc1)c1cc[n+](C2([n+]3ccc(N(C)c4ccccc4)cc3)c3cccc(c3)-c3cccc2c3)cc1. The van der Waals surface area contributed by atoms with Gasteiger partial charge in [0.25, 0.3) is 0 Å². The summed E-state index contributed by atoms with van der Waals surface area (Å²) in [4.78, 5) is 4.43. The average Bonchev–Trinajstić information content (AvgIpc) is 3.11. The molecule has 4 bridgehead atoms. The van der Waals surface area contributed by atoms with Crippen molar-refractivity contribution < 1.29 is 9.13 Å². The maximum atomic E-state index is 2.33. The molecule has 0 unspecified atom stereocenters. The van der Waals surface area contributed by atoms with Gasteiger partial charge in [-0.15, -0.1) is 9.13 Å². The van der Waals surface area contributed by atoms with Crippen molar-refractivity contribution in [1.82, 2.24) is 0 Å². The number of rotatable bonds is 6. The summed E-state index contributed by atoms with van der Waals surface area (Å²) >= 11 is 0. The summed E-state index contributed by atoms with van der Waals surface area (Å²) in [6, 6.07) is 47.6. The molecule has 4 nitrogen and oxygen atoms in total. The fourth-order valence-corrected chi connectivity index (χ4v) is 6.04. The molecule has 0 atom stereocenters. The quantitative estimate of drug-likeness (QED) is 0.213. The summed E-state index contributed by atoms with van der Waals surface area (Å²) in [5.41, 5.74) is 8.83. The molecule has 6 aromatic rings. The molecule has 198 valence electrons. The van der Waals surface area contributed by atoms with Crippen molar-refractivity contribution in [2.75, 3.05) is 23.9 Å². The Hall–Kier alpha value is -5.22. The van der Waals surface area contributed by atoms with Crippen LogP contribution >= 0.6 is 0 Å². The number of fused-ring (bicyclic) bond motifs is 5. The Morgan fingerprint density at radius 3 is 1.17 bits per heavy atom. The topological polar surface area (TPSA) is 14.2 Å². The van der Waals surface area contributed by atoms with Crippen LogP contribution in [-0.2, 0) is 5.66 Å². The van der Waals surface area contributed by atoms with Gasteiger partial charge in [0, 0.05) is 49.7 Å². The first-order chi connectivity index (χ1) is 20.1. The van der Waals surface area contributed by atoms with Crippen molar-refractivity contribution in [2.45, 2.75) is 5.66 Å². The van der Waals surface area contributed by atoms with Crippen LogP contribution in [-0.4, -0.2) is 14.1 Å². The van der Waals surface area contributed by atoms with Crippen LogP contribution in [0.1, 0.15) is 11.1 Å². The Morgan fingerprint density at radius 2 is 0.780 bits per heavy atom. The minimum atomic E-state index is -0.615. The van der Waals surface area contributed by atoms with E-state index < -0.39 is 5.66 Å². The summed E-state index contributed by atoms with van der Waals surface area (Å²) < 4.78 is 4.67. The van der Waals surface area contributed by atoms with E-state index in [-0.39, 0.29) is 0 Å². The van der Waals surface area contributed by atoms with E-state index >= 15 is 0 Å². The maximum absolute atomic E-state index is 2.33. The van der Waals surface area contributed by atoms with E-state index in [1.165, 1.54) is 22.3 Å². The summed E-state index contributed by atoms with van der Waals surface area (Å²) in [6.45, 7) is 0. The van der Waals surface area contributed by atoms with Gasteiger partial charge in [-0.05, 0) is 59.7 Å². The lowest BCUT2D eigenvalue weighted by Crippen LogP contribution is -2.74. The molecule has 0 fully saturated rings. The largest absolute Gasteiger partial charge is 0.414 e. The molecule has 2 heterocycles. The van der Waals surface area contributed by atoms with Crippen LogP contribution in [0.5, 0.6) is 0 Å². The Balaban J connectivity index is 1.39. The highest BCUT2D eigenvalue weighted by atomic mass is 15.3. The summed E-state index contributed by atoms with van der Waals surface area (Å²) in [6.07, 6.45) is 8.82. The van der Waals surface area contributed by atoms with Crippen LogP contribution in [0.3, 0.4) is 0 Å². The minimum absolute atomic E-state index is 0.615. The zero-order chi connectivity index (χ0) is 27.8. The van der Waals surface area contributed by atoms with Crippen LogP contribution < -0.4 is 18.9 Å². The first-order valence-electron chi connectivity index (χ1n) is 14.0.